The number of aryl methyl sites for hydroxylation is 1. The van der Waals surface area contributed by atoms with Crippen molar-refractivity contribution in [3.05, 3.63) is 47.8 Å². The molecule has 0 bridgehead atoms. The monoisotopic (exact) mass is 355 g/mol. The van der Waals surface area contributed by atoms with E-state index < -0.39 is 0 Å². The molecular weight excluding hydrogens is 330 g/mol. The Balaban J connectivity index is 1.57. The minimum Gasteiger partial charge on any atom is -0.381 e. The van der Waals surface area contributed by atoms with Crippen molar-refractivity contribution in [2.45, 2.75) is 38.4 Å². The van der Waals surface area contributed by atoms with Crippen molar-refractivity contribution in [2.75, 3.05) is 26.3 Å². The van der Waals surface area contributed by atoms with E-state index in [1.807, 2.05) is 59.8 Å². The third-order valence-corrected chi connectivity index (χ3v) is 5.21. The molecule has 3 heterocycles. The fraction of sp³-hybridized carbons (Fsp3) is 0.500. The number of carbonyl (C=O) groups excluding carboxylic acids is 1. The molecule has 0 radical (unpaired) electrons. The maximum absolute atomic E-state index is 13.1. The summed E-state index contributed by atoms with van der Waals surface area (Å²) in [5, 5.41) is 4.57. The molecule has 0 N–H and O–H groups in total. The number of hydrogen-bond donors (Lipinski definition) is 0. The zero-order chi connectivity index (χ0) is 18.1. The van der Waals surface area contributed by atoms with E-state index in [0.717, 1.165) is 24.2 Å². The van der Waals surface area contributed by atoms with Gasteiger partial charge in [0.15, 0.2) is 5.69 Å². The van der Waals surface area contributed by atoms with Crippen molar-refractivity contribution < 1.29 is 14.3 Å². The minimum absolute atomic E-state index is 0.0168. The van der Waals surface area contributed by atoms with Crippen LogP contribution < -0.4 is 0 Å². The van der Waals surface area contributed by atoms with Crippen LogP contribution in [0.5, 0.6) is 0 Å². The van der Waals surface area contributed by atoms with E-state index in [1.54, 1.807) is 0 Å². The van der Waals surface area contributed by atoms with Gasteiger partial charge in [0.2, 0.25) is 0 Å². The lowest BCUT2D eigenvalue weighted by molar-refractivity contribution is -0.176. The second kappa shape index (κ2) is 6.85. The van der Waals surface area contributed by atoms with Crippen molar-refractivity contribution in [1.82, 2.24) is 14.7 Å². The molecule has 26 heavy (non-hydrogen) atoms. The zero-order valence-electron chi connectivity index (χ0n) is 15.4. The number of rotatable bonds is 2. The van der Waals surface area contributed by atoms with Crippen molar-refractivity contribution in [1.29, 1.82) is 0 Å². The SMILES string of the molecule is Cc1cc(C(=O)N2CC(C)OC3(CCOCC3)C2)nn1-c1ccccc1. The van der Waals surface area contributed by atoms with E-state index in [2.05, 4.69) is 5.10 Å². The van der Waals surface area contributed by atoms with Crippen molar-refractivity contribution in [2.24, 2.45) is 0 Å². The van der Waals surface area contributed by atoms with Gasteiger partial charge in [0, 0.05) is 38.3 Å². The highest BCUT2D eigenvalue weighted by Crippen LogP contribution is 2.32. The maximum atomic E-state index is 13.1. The van der Waals surface area contributed by atoms with Crippen LogP contribution in [0.4, 0.5) is 0 Å². The highest BCUT2D eigenvalue weighted by atomic mass is 16.5. The number of morpholine rings is 1. The van der Waals surface area contributed by atoms with E-state index in [9.17, 15) is 4.79 Å². The first-order valence-electron chi connectivity index (χ1n) is 9.23. The molecule has 138 valence electrons. The summed E-state index contributed by atoms with van der Waals surface area (Å²) in [6, 6.07) is 11.8. The van der Waals surface area contributed by atoms with Crippen LogP contribution in [0.15, 0.2) is 36.4 Å². The number of carbonyl (C=O) groups is 1. The number of benzene rings is 1. The summed E-state index contributed by atoms with van der Waals surface area (Å²) >= 11 is 0. The van der Waals surface area contributed by atoms with Crippen molar-refractivity contribution >= 4 is 5.91 Å². The van der Waals surface area contributed by atoms with Crippen LogP contribution in [0.1, 0.15) is 35.9 Å². The molecule has 1 unspecified atom stereocenters. The quantitative estimate of drug-likeness (QED) is 0.831. The Morgan fingerprint density at radius 1 is 1.23 bits per heavy atom. The molecule has 1 amide bonds. The number of para-hydroxylation sites is 1. The van der Waals surface area contributed by atoms with Gasteiger partial charge in [-0.3, -0.25) is 4.79 Å². The molecule has 2 aromatic rings. The van der Waals surface area contributed by atoms with Gasteiger partial charge >= 0.3 is 0 Å². The van der Waals surface area contributed by atoms with Gasteiger partial charge in [-0.15, -0.1) is 0 Å². The molecule has 1 atom stereocenters. The Morgan fingerprint density at radius 2 is 1.96 bits per heavy atom. The second-order valence-corrected chi connectivity index (χ2v) is 7.33. The molecule has 1 spiro atoms. The van der Waals surface area contributed by atoms with E-state index >= 15 is 0 Å². The number of amides is 1. The smallest absolute Gasteiger partial charge is 0.274 e. The molecular formula is C20H25N3O3. The van der Waals surface area contributed by atoms with Gasteiger partial charge in [-0.25, -0.2) is 4.68 Å². The Morgan fingerprint density at radius 3 is 2.69 bits per heavy atom. The average molecular weight is 355 g/mol. The Kier molecular flexibility index (Phi) is 4.54. The minimum atomic E-state index is -0.275. The molecule has 2 aliphatic heterocycles. The zero-order valence-corrected chi connectivity index (χ0v) is 15.4. The van der Waals surface area contributed by atoms with E-state index in [0.29, 0.717) is 32.0 Å². The predicted molar refractivity (Wildman–Crippen MR) is 97.5 cm³/mol. The normalized spacial score (nSPS) is 22.5. The van der Waals surface area contributed by atoms with Gasteiger partial charge in [-0.2, -0.15) is 5.10 Å². The van der Waals surface area contributed by atoms with Gasteiger partial charge in [-0.1, -0.05) is 18.2 Å². The molecule has 2 aliphatic rings. The molecule has 1 aromatic heterocycles. The molecule has 0 aliphatic carbocycles. The summed E-state index contributed by atoms with van der Waals surface area (Å²) in [5.74, 6) is -0.0243. The molecule has 2 fully saturated rings. The van der Waals surface area contributed by atoms with E-state index in [-0.39, 0.29) is 17.6 Å². The van der Waals surface area contributed by atoms with Crippen LogP contribution in [-0.2, 0) is 9.47 Å². The van der Waals surface area contributed by atoms with Crippen LogP contribution in [0, 0.1) is 6.92 Å². The highest BCUT2D eigenvalue weighted by Gasteiger charge is 2.42. The fourth-order valence-corrected chi connectivity index (χ4v) is 3.97. The second-order valence-electron chi connectivity index (χ2n) is 7.33. The van der Waals surface area contributed by atoms with E-state index in [4.69, 9.17) is 9.47 Å². The largest absolute Gasteiger partial charge is 0.381 e. The van der Waals surface area contributed by atoms with Gasteiger partial charge < -0.3 is 14.4 Å². The van der Waals surface area contributed by atoms with Crippen LogP contribution in [0.3, 0.4) is 0 Å². The predicted octanol–water partition coefficient (Wildman–Crippen LogP) is 2.59. The topological polar surface area (TPSA) is 56.6 Å². The van der Waals surface area contributed by atoms with E-state index in [1.165, 1.54) is 0 Å². The standard InChI is InChI=1S/C20H25N3O3/c1-15-12-18(21-23(15)17-6-4-3-5-7-17)19(24)22-13-16(2)26-20(14-22)8-10-25-11-9-20/h3-7,12,16H,8-11,13-14H2,1-2H3. The Hall–Kier alpha value is -2.18. The lowest BCUT2D eigenvalue weighted by Gasteiger charge is -2.47. The Labute approximate surface area is 153 Å². The molecule has 4 rings (SSSR count). The summed E-state index contributed by atoms with van der Waals surface area (Å²) in [6.45, 7) is 6.59. The molecule has 2 saturated heterocycles. The van der Waals surface area contributed by atoms with Gasteiger partial charge in [0.1, 0.15) is 0 Å². The first-order valence-corrected chi connectivity index (χ1v) is 9.23. The number of nitrogens with zero attached hydrogens (tertiary/aromatic N) is 3. The molecule has 1 aromatic carbocycles. The average Bonchev–Trinajstić information content (AvgIpc) is 3.03. The van der Waals surface area contributed by atoms with Gasteiger partial charge in [-0.05, 0) is 32.0 Å². The van der Waals surface area contributed by atoms with Gasteiger partial charge in [0.05, 0.1) is 23.9 Å². The lowest BCUT2D eigenvalue weighted by atomic mass is 9.91. The summed E-state index contributed by atoms with van der Waals surface area (Å²) in [4.78, 5) is 15.0. The van der Waals surface area contributed by atoms with Crippen LogP contribution in [0.2, 0.25) is 0 Å². The summed E-state index contributed by atoms with van der Waals surface area (Å²) in [5.41, 5.74) is 2.12. The van der Waals surface area contributed by atoms with Crippen molar-refractivity contribution in [3.63, 3.8) is 0 Å². The first-order chi connectivity index (χ1) is 12.6. The third kappa shape index (κ3) is 3.27. The third-order valence-electron chi connectivity index (χ3n) is 5.21. The fourth-order valence-electron chi connectivity index (χ4n) is 3.97. The highest BCUT2D eigenvalue weighted by molar-refractivity contribution is 5.92. The van der Waals surface area contributed by atoms with Crippen LogP contribution in [-0.4, -0.2) is 58.6 Å². The summed E-state index contributed by atoms with van der Waals surface area (Å²) < 4.78 is 13.5. The summed E-state index contributed by atoms with van der Waals surface area (Å²) in [7, 11) is 0. The molecule has 6 nitrogen and oxygen atoms in total. The number of ether oxygens (including phenoxy) is 2. The first kappa shape index (κ1) is 17.2. The number of hydrogen-bond acceptors (Lipinski definition) is 4. The molecule has 0 saturated carbocycles. The van der Waals surface area contributed by atoms with Crippen LogP contribution in [0.25, 0.3) is 5.69 Å². The van der Waals surface area contributed by atoms with Crippen LogP contribution >= 0.6 is 0 Å². The summed E-state index contributed by atoms with van der Waals surface area (Å²) in [6.07, 6.45) is 1.68. The van der Waals surface area contributed by atoms with Gasteiger partial charge in [0.25, 0.3) is 5.91 Å². The maximum Gasteiger partial charge on any atom is 0.274 e. The molecule has 6 heteroatoms. The Bertz CT molecular complexity index is 781. The lowest BCUT2D eigenvalue weighted by Crippen LogP contribution is -2.58. The van der Waals surface area contributed by atoms with Crippen molar-refractivity contribution in [3.8, 4) is 5.69 Å². The number of aromatic nitrogens is 2.